The molecule has 1 unspecified atom stereocenters. The Balaban J connectivity index is 1.74. The molecule has 0 aliphatic heterocycles. The molecule has 0 bridgehead atoms. The van der Waals surface area contributed by atoms with Crippen LogP contribution in [0.4, 0.5) is 0 Å². The topological polar surface area (TPSA) is 62.6 Å². The minimum atomic E-state index is -0.336. The van der Waals surface area contributed by atoms with Crippen LogP contribution in [-0.4, -0.2) is 25.4 Å². The average Bonchev–Trinajstić information content (AvgIpc) is 2.90. The van der Waals surface area contributed by atoms with Gasteiger partial charge in [0.15, 0.2) is 6.54 Å². The molecule has 0 radical (unpaired) electrons. The van der Waals surface area contributed by atoms with Crippen LogP contribution in [0.2, 0.25) is 4.34 Å². The molecule has 0 saturated carbocycles. The number of quaternary nitrogens is 1. The fourth-order valence-corrected chi connectivity index (χ4v) is 3.11. The summed E-state index contributed by atoms with van der Waals surface area (Å²) in [5.41, 5.74) is 5.32. The van der Waals surface area contributed by atoms with E-state index in [1.54, 1.807) is 24.3 Å². The normalized spacial score (nSPS) is 11.7. The lowest BCUT2D eigenvalue weighted by atomic mass is 10.2. The number of amides is 2. The molecule has 5 nitrogen and oxygen atoms in total. The van der Waals surface area contributed by atoms with Crippen LogP contribution >= 0.6 is 22.9 Å². The lowest BCUT2D eigenvalue weighted by Crippen LogP contribution is -3.09. The number of halogens is 1. The smallest absolute Gasteiger partial charge is 0.293 e. The molecule has 7 heteroatoms. The summed E-state index contributed by atoms with van der Waals surface area (Å²) in [6.07, 6.45) is 0. The van der Waals surface area contributed by atoms with Gasteiger partial charge in [0, 0.05) is 5.56 Å². The largest absolute Gasteiger partial charge is 0.325 e. The number of rotatable bonds is 5. The van der Waals surface area contributed by atoms with E-state index >= 15 is 0 Å². The van der Waals surface area contributed by atoms with Gasteiger partial charge in [-0.15, -0.1) is 11.3 Å². The van der Waals surface area contributed by atoms with Crippen molar-refractivity contribution in [1.29, 1.82) is 0 Å². The number of benzene rings is 1. The molecule has 2 rings (SSSR count). The number of thiophene rings is 1. The standard InChI is InChI=1S/C15H16ClN3O2S/c1-19(9-12-7-8-13(16)22-12)10-14(20)17-18-15(21)11-5-3-2-4-6-11/h2-8H,9-10H2,1H3,(H,17,20)(H,18,21)/p+1. The summed E-state index contributed by atoms with van der Waals surface area (Å²) >= 11 is 7.38. The molecule has 0 fully saturated rings. The second-order valence-electron chi connectivity index (χ2n) is 4.88. The number of hydrogen-bond acceptors (Lipinski definition) is 3. The van der Waals surface area contributed by atoms with E-state index in [2.05, 4.69) is 10.9 Å². The van der Waals surface area contributed by atoms with E-state index in [-0.39, 0.29) is 18.4 Å². The highest BCUT2D eigenvalue weighted by molar-refractivity contribution is 7.16. The second-order valence-corrected chi connectivity index (χ2v) is 6.68. The highest BCUT2D eigenvalue weighted by Gasteiger charge is 2.13. The van der Waals surface area contributed by atoms with Crippen LogP contribution in [-0.2, 0) is 11.3 Å². The van der Waals surface area contributed by atoms with Gasteiger partial charge in [-0.1, -0.05) is 29.8 Å². The van der Waals surface area contributed by atoms with Gasteiger partial charge >= 0.3 is 0 Å². The first-order valence-electron chi connectivity index (χ1n) is 6.74. The predicted octanol–water partition coefficient (Wildman–Crippen LogP) is 0.877. The van der Waals surface area contributed by atoms with Gasteiger partial charge in [0.1, 0.15) is 6.54 Å². The lowest BCUT2D eigenvalue weighted by molar-refractivity contribution is -0.885. The van der Waals surface area contributed by atoms with Gasteiger partial charge in [0.2, 0.25) is 0 Å². The van der Waals surface area contributed by atoms with E-state index in [0.29, 0.717) is 12.1 Å². The molecule has 0 aliphatic rings. The third-order valence-electron chi connectivity index (χ3n) is 2.92. The summed E-state index contributed by atoms with van der Waals surface area (Å²) in [7, 11) is 1.91. The number of hydrogen-bond donors (Lipinski definition) is 3. The van der Waals surface area contributed by atoms with Crippen LogP contribution in [0.15, 0.2) is 42.5 Å². The maximum Gasteiger partial charge on any atom is 0.293 e. The Morgan fingerprint density at radius 2 is 1.86 bits per heavy atom. The highest BCUT2D eigenvalue weighted by Crippen LogP contribution is 2.20. The van der Waals surface area contributed by atoms with Crippen molar-refractivity contribution >= 4 is 34.8 Å². The SMILES string of the molecule is C[NH+](CC(=O)NNC(=O)c1ccccc1)Cc1ccc(Cl)s1. The van der Waals surface area contributed by atoms with E-state index in [4.69, 9.17) is 11.6 Å². The number of nitrogens with one attached hydrogen (secondary N) is 3. The molecule has 1 aromatic carbocycles. The maximum atomic E-state index is 11.8. The van der Waals surface area contributed by atoms with Crippen molar-refractivity contribution in [3.63, 3.8) is 0 Å². The summed E-state index contributed by atoms with van der Waals surface area (Å²) in [6.45, 7) is 0.960. The Kier molecular flexibility index (Phi) is 5.94. The van der Waals surface area contributed by atoms with Gasteiger partial charge in [0.25, 0.3) is 11.8 Å². The molecular formula is C15H17ClN3O2S+. The van der Waals surface area contributed by atoms with Crippen LogP contribution in [0.5, 0.6) is 0 Å². The number of hydrazine groups is 1. The molecule has 2 amide bonds. The first-order valence-corrected chi connectivity index (χ1v) is 7.94. The van der Waals surface area contributed by atoms with Crippen molar-refractivity contribution < 1.29 is 14.5 Å². The molecule has 1 aromatic heterocycles. The molecule has 0 spiro atoms. The van der Waals surface area contributed by atoms with Crippen molar-refractivity contribution in [2.24, 2.45) is 0 Å². The van der Waals surface area contributed by atoms with Gasteiger partial charge < -0.3 is 4.90 Å². The molecule has 116 valence electrons. The van der Waals surface area contributed by atoms with E-state index in [9.17, 15) is 9.59 Å². The van der Waals surface area contributed by atoms with Crippen LogP contribution < -0.4 is 15.8 Å². The number of likely N-dealkylation sites (N-methyl/N-ethyl adjacent to an activating group) is 1. The summed E-state index contributed by atoms with van der Waals surface area (Å²) in [4.78, 5) is 25.7. The van der Waals surface area contributed by atoms with Gasteiger partial charge in [0.05, 0.1) is 16.3 Å². The molecular weight excluding hydrogens is 322 g/mol. The van der Waals surface area contributed by atoms with Crippen molar-refractivity contribution in [3.05, 3.63) is 57.2 Å². The van der Waals surface area contributed by atoms with E-state index < -0.39 is 0 Å². The Morgan fingerprint density at radius 3 is 2.50 bits per heavy atom. The van der Waals surface area contributed by atoms with Crippen molar-refractivity contribution in [2.75, 3.05) is 13.6 Å². The first-order chi connectivity index (χ1) is 10.5. The van der Waals surface area contributed by atoms with E-state index in [1.807, 2.05) is 25.2 Å². The van der Waals surface area contributed by atoms with Crippen molar-refractivity contribution in [1.82, 2.24) is 10.9 Å². The van der Waals surface area contributed by atoms with E-state index in [0.717, 1.165) is 14.1 Å². The predicted molar refractivity (Wildman–Crippen MR) is 86.8 cm³/mol. The van der Waals surface area contributed by atoms with Crippen LogP contribution in [0.1, 0.15) is 15.2 Å². The fraction of sp³-hybridized carbons (Fsp3) is 0.200. The summed E-state index contributed by atoms with van der Waals surface area (Å²) in [5, 5.41) is 0. The Hall–Kier alpha value is -1.89. The highest BCUT2D eigenvalue weighted by atomic mass is 35.5. The van der Waals surface area contributed by atoms with Crippen molar-refractivity contribution in [2.45, 2.75) is 6.54 Å². The van der Waals surface area contributed by atoms with Crippen LogP contribution in [0, 0.1) is 0 Å². The molecule has 0 saturated heterocycles. The Bertz CT molecular complexity index is 645. The minimum Gasteiger partial charge on any atom is -0.325 e. The molecule has 1 heterocycles. The Morgan fingerprint density at radius 1 is 1.14 bits per heavy atom. The molecule has 3 N–H and O–H groups in total. The van der Waals surface area contributed by atoms with E-state index in [1.165, 1.54) is 11.3 Å². The van der Waals surface area contributed by atoms with Gasteiger partial charge in [-0.3, -0.25) is 20.4 Å². The first kappa shape index (κ1) is 16.5. The Labute approximate surface area is 137 Å². The second kappa shape index (κ2) is 7.93. The van der Waals surface area contributed by atoms with Crippen LogP contribution in [0.3, 0.4) is 0 Å². The lowest BCUT2D eigenvalue weighted by Gasteiger charge is -2.13. The molecule has 22 heavy (non-hydrogen) atoms. The molecule has 0 aliphatic carbocycles. The maximum absolute atomic E-state index is 11.8. The zero-order valence-corrected chi connectivity index (χ0v) is 13.6. The van der Waals surface area contributed by atoms with Crippen LogP contribution in [0.25, 0.3) is 0 Å². The van der Waals surface area contributed by atoms with Gasteiger partial charge in [-0.25, -0.2) is 0 Å². The summed E-state index contributed by atoms with van der Waals surface area (Å²) in [6, 6.07) is 12.5. The third-order valence-corrected chi connectivity index (χ3v) is 4.15. The van der Waals surface area contributed by atoms with Gasteiger partial charge in [-0.2, -0.15) is 0 Å². The fourth-order valence-electron chi connectivity index (χ4n) is 1.91. The van der Waals surface area contributed by atoms with Gasteiger partial charge in [-0.05, 0) is 24.3 Å². The number of carbonyl (C=O) groups is 2. The number of carbonyl (C=O) groups excluding carboxylic acids is 2. The zero-order valence-electron chi connectivity index (χ0n) is 12.1. The quantitative estimate of drug-likeness (QED) is 0.709. The molecule has 2 aromatic rings. The zero-order chi connectivity index (χ0) is 15.9. The average molecular weight is 339 g/mol. The minimum absolute atomic E-state index is 0.246. The monoisotopic (exact) mass is 338 g/mol. The molecule has 1 atom stereocenters. The summed E-state index contributed by atoms with van der Waals surface area (Å²) in [5.74, 6) is -0.582. The van der Waals surface area contributed by atoms with Crippen molar-refractivity contribution in [3.8, 4) is 0 Å². The summed E-state index contributed by atoms with van der Waals surface area (Å²) < 4.78 is 0.738. The third kappa shape index (κ3) is 5.14.